The summed E-state index contributed by atoms with van der Waals surface area (Å²) in [6.45, 7) is 0. The van der Waals surface area contributed by atoms with Crippen LogP contribution in [0.15, 0.2) is 46.3 Å². The van der Waals surface area contributed by atoms with Crippen molar-refractivity contribution in [1.82, 2.24) is 0 Å². The third-order valence-corrected chi connectivity index (χ3v) is 3.68. The Hall–Kier alpha value is -1.33. The van der Waals surface area contributed by atoms with Gasteiger partial charge in [0.2, 0.25) is 5.91 Å². The second kappa shape index (κ2) is 5.33. The van der Waals surface area contributed by atoms with Crippen LogP contribution in [0.4, 0.5) is 5.69 Å². The summed E-state index contributed by atoms with van der Waals surface area (Å²) in [5.41, 5.74) is 6.27. The summed E-state index contributed by atoms with van der Waals surface area (Å²) in [6.07, 6.45) is 0. The predicted molar refractivity (Wildman–Crippen MR) is 74.0 cm³/mol. The van der Waals surface area contributed by atoms with Crippen LogP contribution in [0.5, 0.6) is 0 Å². The lowest BCUT2D eigenvalue weighted by atomic mass is 10.2. The van der Waals surface area contributed by atoms with Crippen molar-refractivity contribution in [2.45, 2.75) is 6.04 Å². The SMILES string of the molecule is NC(=O)C(Nc1cccc(Br)c1)c1cccs1. The molecule has 1 amide bonds. The number of nitrogens with one attached hydrogen (secondary N) is 1. The van der Waals surface area contributed by atoms with Crippen LogP contribution in [0.1, 0.15) is 10.9 Å². The molecule has 1 aromatic heterocycles. The van der Waals surface area contributed by atoms with Gasteiger partial charge in [0.15, 0.2) is 0 Å². The molecule has 17 heavy (non-hydrogen) atoms. The first-order valence-corrected chi connectivity index (χ1v) is 6.69. The van der Waals surface area contributed by atoms with Gasteiger partial charge in [0.25, 0.3) is 0 Å². The van der Waals surface area contributed by atoms with Crippen LogP contribution < -0.4 is 11.1 Å². The summed E-state index contributed by atoms with van der Waals surface area (Å²) in [5, 5.41) is 5.05. The quantitative estimate of drug-likeness (QED) is 0.911. The molecule has 1 unspecified atom stereocenters. The molecular formula is C12H11BrN2OS. The van der Waals surface area contributed by atoms with E-state index in [0.717, 1.165) is 15.0 Å². The second-order valence-electron chi connectivity index (χ2n) is 3.51. The van der Waals surface area contributed by atoms with E-state index >= 15 is 0 Å². The summed E-state index contributed by atoms with van der Waals surface area (Å²) >= 11 is 4.89. The average molecular weight is 311 g/mol. The molecule has 88 valence electrons. The number of nitrogens with two attached hydrogens (primary N) is 1. The Labute approximate surface area is 112 Å². The number of benzene rings is 1. The van der Waals surface area contributed by atoms with E-state index in [2.05, 4.69) is 21.2 Å². The zero-order valence-electron chi connectivity index (χ0n) is 8.89. The van der Waals surface area contributed by atoms with Gasteiger partial charge in [0.05, 0.1) is 0 Å². The minimum Gasteiger partial charge on any atom is -0.369 e. The van der Waals surface area contributed by atoms with Gasteiger partial charge in [-0.1, -0.05) is 28.1 Å². The summed E-state index contributed by atoms with van der Waals surface area (Å²) in [4.78, 5) is 12.4. The highest BCUT2D eigenvalue weighted by Crippen LogP contribution is 2.24. The van der Waals surface area contributed by atoms with E-state index in [-0.39, 0.29) is 5.91 Å². The van der Waals surface area contributed by atoms with Crippen LogP contribution >= 0.6 is 27.3 Å². The molecular weight excluding hydrogens is 300 g/mol. The van der Waals surface area contributed by atoms with Crippen molar-refractivity contribution in [3.63, 3.8) is 0 Å². The highest BCUT2D eigenvalue weighted by Gasteiger charge is 2.18. The van der Waals surface area contributed by atoms with Crippen LogP contribution in [-0.4, -0.2) is 5.91 Å². The molecule has 1 aromatic carbocycles. The Bertz CT molecular complexity index is 513. The number of primary amides is 1. The first kappa shape index (κ1) is 12.1. The number of amides is 1. The molecule has 0 radical (unpaired) electrons. The molecule has 3 nitrogen and oxygen atoms in total. The molecule has 0 saturated carbocycles. The normalized spacial score (nSPS) is 12.1. The molecule has 3 N–H and O–H groups in total. The van der Waals surface area contributed by atoms with Gasteiger partial charge in [-0.25, -0.2) is 0 Å². The van der Waals surface area contributed by atoms with Crippen molar-refractivity contribution in [3.05, 3.63) is 51.1 Å². The molecule has 5 heteroatoms. The van der Waals surface area contributed by atoms with Crippen molar-refractivity contribution < 1.29 is 4.79 Å². The zero-order valence-corrected chi connectivity index (χ0v) is 11.3. The standard InChI is InChI=1S/C12H11BrN2OS/c13-8-3-1-4-9(7-8)15-11(12(14)16)10-5-2-6-17-10/h1-7,11,15H,(H2,14,16). The summed E-state index contributed by atoms with van der Waals surface area (Å²) in [7, 11) is 0. The van der Waals surface area contributed by atoms with E-state index in [9.17, 15) is 4.79 Å². The van der Waals surface area contributed by atoms with Crippen LogP contribution in [0.3, 0.4) is 0 Å². The Morgan fingerprint density at radius 1 is 1.35 bits per heavy atom. The fraction of sp³-hybridized carbons (Fsp3) is 0.0833. The number of anilines is 1. The minimum absolute atomic E-state index is 0.382. The summed E-state index contributed by atoms with van der Waals surface area (Å²) in [5.74, 6) is -0.382. The highest BCUT2D eigenvalue weighted by molar-refractivity contribution is 9.10. The molecule has 0 bridgehead atoms. The molecule has 1 heterocycles. The Balaban J connectivity index is 2.22. The first-order chi connectivity index (χ1) is 8.16. The lowest BCUT2D eigenvalue weighted by molar-refractivity contribution is -0.118. The van der Waals surface area contributed by atoms with Crippen molar-refractivity contribution >= 4 is 38.9 Å². The van der Waals surface area contributed by atoms with Crippen molar-refractivity contribution in [1.29, 1.82) is 0 Å². The number of hydrogen-bond acceptors (Lipinski definition) is 3. The van der Waals surface area contributed by atoms with Crippen LogP contribution in [-0.2, 0) is 4.79 Å². The van der Waals surface area contributed by atoms with Gasteiger partial charge in [-0.3, -0.25) is 4.79 Å². The maximum Gasteiger partial charge on any atom is 0.245 e. The van der Waals surface area contributed by atoms with E-state index in [1.807, 2.05) is 41.8 Å². The number of carbonyl (C=O) groups is 1. The predicted octanol–water partition coefficient (Wildman–Crippen LogP) is 3.15. The molecule has 2 rings (SSSR count). The first-order valence-electron chi connectivity index (χ1n) is 5.01. The molecule has 0 saturated heterocycles. The van der Waals surface area contributed by atoms with Gasteiger partial charge in [-0.15, -0.1) is 11.3 Å². The number of thiophene rings is 1. The van der Waals surface area contributed by atoms with Gasteiger partial charge in [-0.05, 0) is 29.6 Å². The van der Waals surface area contributed by atoms with Crippen LogP contribution in [0, 0.1) is 0 Å². The maximum absolute atomic E-state index is 11.4. The van der Waals surface area contributed by atoms with Crippen LogP contribution in [0.25, 0.3) is 0 Å². The Morgan fingerprint density at radius 3 is 2.76 bits per heavy atom. The molecule has 2 aromatic rings. The largest absolute Gasteiger partial charge is 0.369 e. The second-order valence-corrected chi connectivity index (χ2v) is 5.40. The number of carbonyl (C=O) groups excluding carboxylic acids is 1. The fourth-order valence-electron chi connectivity index (χ4n) is 1.48. The third-order valence-electron chi connectivity index (χ3n) is 2.25. The number of halogens is 1. The van der Waals surface area contributed by atoms with E-state index in [1.165, 1.54) is 11.3 Å². The van der Waals surface area contributed by atoms with Crippen LogP contribution in [0.2, 0.25) is 0 Å². The van der Waals surface area contributed by atoms with E-state index in [4.69, 9.17) is 5.73 Å². The lowest BCUT2D eigenvalue weighted by Crippen LogP contribution is -2.26. The molecule has 0 spiro atoms. The van der Waals surface area contributed by atoms with E-state index in [1.54, 1.807) is 0 Å². The number of rotatable bonds is 4. The number of hydrogen-bond donors (Lipinski definition) is 2. The van der Waals surface area contributed by atoms with E-state index < -0.39 is 6.04 Å². The molecule has 0 aliphatic carbocycles. The minimum atomic E-state index is -0.482. The lowest BCUT2D eigenvalue weighted by Gasteiger charge is -2.15. The monoisotopic (exact) mass is 310 g/mol. The van der Waals surface area contributed by atoms with Crippen molar-refractivity contribution in [3.8, 4) is 0 Å². The molecule has 0 aliphatic rings. The Morgan fingerprint density at radius 2 is 2.18 bits per heavy atom. The van der Waals surface area contributed by atoms with E-state index in [0.29, 0.717) is 0 Å². The van der Waals surface area contributed by atoms with Crippen molar-refractivity contribution in [2.75, 3.05) is 5.32 Å². The van der Waals surface area contributed by atoms with Gasteiger partial charge in [0.1, 0.15) is 6.04 Å². The molecule has 0 aliphatic heterocycles. The van der Waals surface area contributed by atoms with Gasteiger partial charge in [-0.2, -0.15) is 0 Å². The maximum atomic E-state index is 11.4. The smallest absolute Gasteiger partial charge is 0.245 e. The molecule has 1 atom stereocenters. The summed E-state index contributed by atoms with van der Waals surface area (Å²) in [6, 6.07) is 10.9. The summed E-state index contributed by atoms with van der Waals surface area (Å²) < 4.78 is 0.955. The average Bonchev–Trinajstić information content (AvgIpc) is 2.78. The fourth-order valence-corrected chi connectivity index (χ4v) is 2.66. The topological polar surface area (TPSA) is 55.1 Å². The van der Waals surface area contributed by atoms with Crippen molar-refractivity contribution in [2.24, 2.45) is 5.73 Å². The highest BCUT2D eigenvalue weighted by atomic mass is 79.9. The van der Waals surface area contributed by atoms with Gasteiger partial charge in [0, 0.05) is 15.0 Å². The molecule has 0 fully saturated rings. The zero-order chi connectivity index (χ0) is 12.3. The third kappa shape index (κ3) is 3.08. The van der Waals surface area contributed by atoms with Gasteiger partial charge >= 0.3 is 0 Å². The van der Waals surface area contributed by atoms with Gasteiger partial charge < -0.3 is 11.1 Å². The Kier molecular flexibility index (Phi) is 3.81.